The second-order valence-corrected chi connectivity index (χ2v) is 7.96. The lowest BCUT2D eigenvalue weighted by molar-refractivity contribution is -0.165. The van der Waals surface area contributed by atoms with Crippen molar-refractivity contribution in [3.05, 3.63) is 70.4 Å². The highest BCUT2D eigenvalue weighted by Gasteiger charge is 2.42. The third-order valence-electron chi connectivity index (χ3n) is 5.65. The van der Waals surface area contributed by atoms with E-state index in [1.165, 1.54) is 4.90 Å². The van der Waals surface area contributed by atoms with Crippen LogP contribution in [0.15, 0.2) is 48.5 Å². The highest BCUT2D eigenvalue weighted by Crippen LogP contribution is 2.37. The van der Waals surface area contributed by atoms with Gasteiger partial charge in [0.25, 0.3) is 11.8 Å². The molecule has 1 aliphatic carbocycles. The van der Waals surface area contributed by atoms with Gasteiger partial charge in [-0.3, -0.25) is 14.4 Å². The summed E-state index contributed by atoms with van der Waals surface area (Å²) >= 11 is 6.04. The van der Waals surface area contributed by atoms with Crippen molar-refractivity contribution in [1.82, 2.24) is 15.2 Å². The number of carbonyl (C=O) groups excluding carboxylic acids is 3. The van der Waals surface area contributed by atoms with E-state index in [1.54, 1.807) is 18.2 Å². The summed E-state index contributed by atoms with van der Waals surface area (Å²) in [7, 11) is 0. The van der Waals surface area contributed by atoms with Crippen molar-refractivity contribution in [2.75, 3.05) is 13.2 Å². The zero-order valence-electron chi connectivity index (χ0n) is 15.9. The number of ether oxygens (including phenoxy) is 1. The molecule has 2 aromatic carbocycles. The molecule has 2 amide bonds. The molecule has 1 aromatic heterocycles. The van der Waals surface area contributed by atoms with Crippen molar-refractivity contribution in [1.29, 1.82) is 0 Å². The molecule has 8 heteroatoms. The predicted molar refractivity (Wildman–Crippen MR) is 110 cm³/mol. The van der Waals surface area contributed by atoms with Crippen molar-refractivity contribution >= 4 is 40.3 Å². The number of aromatic nitrogens is 1. The first-order valence-corrected chi connectivity index (χ1v) is 9.99. The van der Waals surface area contributed by atoms with Crippen LogP contribution < -0.4 is 5.32 Å². The van der Waals surface area contributed by atoms with Gasteiger partial charge in [0.05, 0.1) is 12.1 Å². The lowest BCUT2D eigenvalue weighted by Gasteiger charge is -2.35. The van der Waals surface area contributed by atoms with Crippen molar-refractivity contribution in [3.63, 3.8) is 0 Å². The fourth-order valence-electron chi connectivity index (χ4n) is 4.31. The van der Waals surface area contributed by atoms with Crippen LogP contribution in [0.25, 0.3) is 10.9 Å². The van der Waals surface area contributed by atoms with Gasteiger partial charge in [0.15, 0.2) is 6.61 Å². The van der Waals surface area contributed by atoms with Crippen LogP contribution in [0.5, 0.6) is 0 Å². The van der Waals surface area contributed by atoms with Gasteiger partial charge in [-0.2, -0.15) is 0 Å². The minimum Gasteiger partial charge on any atom is -0.454 e. The van der Waals surface area contributed by atoms with E-state index in [2.05, 4.69) is 10.3 Å². The summed E-state index contributed by atoms with van der Waals surface area (Å²) in [6.45, 7) is -0.407. The van der Waals surface area contributed by atoms with Gasteiger partial charge in [0.2, 0.25) is 0 Å². The molecular formula is C22H18ClN3O4. The molecule has 0 spiro atoms. The zero-order chi connectivity index (χ0) is 20.8. The highest BCUT2D eigenvalue weighted by atomic mass is 35.5. The number of rotatable bonds is 3. The molecule has 2 atom stereocenters. The van der Waals surface area contributed by atoms with Crippen LogP contribution in [0.3, 0.4) is 0 Å². The Hall–Kier alpha value is -3.32. The van der Waals surface area contributed by atoms with Crippen LogP contribution in [0.1, 0.15) is 27.7 Å². The summed E-state index contributed by atoms with van der Waals surface area (Å²) in [5, 5.41) is 4.48. The Bertz CT molecular complexity index is 1190. The minimum atomic E-state index is -0.448. The highest BCUT2D eigenvalue weighted by molar-refractivity contribution is 6.31. The summed E-state index contributed by atoms with van der Waals surface area (Å²) in [4.78, 5) is 42.0. The number of aromatic amines is 1. The Kier molecular flexibility index (Phi) is 4.47. The predicted octanol–water partition coefficient (Wildman–Crippen LogP) is 2.60. The molecule has 30 heavy (non-hydrogen) atoms. The van der Waals surface area contributed by atoms with Gasteiger partial charge in [-0.1, -0.05) is 35.9 Å². The molecule has 1 saturated heterocycles. The maximum absolute atomic E-state index is 13.0. The van der Waals surface area contributed by atoms with Gasteiger partial charge in [-0.05, 0) is 41.8 Å². The van der Waals surface area contributed by atoms with Crippen molar-refractivity contribution in [3.8, 4) is 0 Å². The number of cyclic esters (lactones) is 1. The van der Waals surface area contributed by atoms with Crippen LogP contribution in [-0.2, 0) is 20.7 Å². The van der Waals surface area contributed by atoms with Crippen LogP contribution in [0.4, 0.5) is 0 Å². The first-order chi connectivity index (χ1) is 14.5. The number of hydrogen-bond acceptors (Lipinski definition) is 4. The van der Waals surface area contributed by atoms with E-state index in [0.29, 0.717) is 17.1 Å². The normalized spacial score (nSPS) is 20.9. The number of benzene rings is 2. The molecule has 2 aliphatic rings. The molecular weight excluding hydrogens is 406 g/mol. The molecule has 152 valence electrons. The van der Waals surface area contributed by atoms with E-state index in [1.807, 2.05) is 30.3 Å². The standard InChI is InChI=1S/C22H18ClN3O4/c23-14-5-6-16-13(7-14)9-18(24-16)22(29)25-17-8-12-3-1-2-4-15(12)21(17)26-10-20(28)30-11-19(26)27/h1-7,9,17,21,24H,8,10-11H2,(H,25,29)/t17?,21-/m1/s1. The van der Waals surface area contributed by atoms with Gasteiger partial charge in [-0.15, -0.1) is 0 Å². The number of esters is 1. The lowest BCUT2D eigenvalue weighted by atomic mass is 10.0. The van der Waals surface area contributed by atoms with Gasteiger partial charge in [0, 0.05) is 15.9 Å². The van der Waals surface area contributed by atoms with Crippen LogP contribution in [0.2, 0.25) is 5.02 Å². The van der Waals surface area contributed by atoms with E-state index < -0.39 is 12.0 Å². The first kappa shape index (κ1) is 18.7. The Labute approximate surface area is 176 Å². The van der Waals surface area contributed by atoms with Crippen LogP contribution in [0, 0.1) is 0 Å². The maximum Gasteiger partial charge on any atom is 0.326 e. The Morgan fingerprint density at radius 1 is 1.17 bits per heavy atom. The van der Waals surface area contributed by atoms with E-state index in [0.717, 1.165) is 22.0 Å². The summed E-state index contributed by atoms with van der Waals surface area (Å²) in [5.74, 6) is -0.996. The number of hydrogen-bond donors (Lipinski definition) is 2. The molecule has 1 unspecified atom stereocenters. The van der Waals surface area contributed by atoms with E-state index >= 15 is 0 Å². The van der Waals surface area contributed by atoms with E-state index in [9.17, 15) is 14.4 Å². The SMILES string of the molecule is O=C1CN([C@@H]2c3ccccc3CC2NC(=O)c2cc3cc(Cl)ccc3[nH]2)C(=O)CO1. The van der Waals surface area contributed by atoms with Gasteiger partial charge >= 0.3 is 5.97 Å². The molecule has 2 N–H and O–H groups in total. The molecule has 2 heterocycles. The molecule has 0 saturated carbocycles. The second kappa shape index (κ2) is 7.18. The molecule has 5 rings (SSSR count). The number of nitrogens with zero attached hydrogens (tertiary/aromatic N) is 1. The topological polar surface area (TPSA) is 91.5 Å². The number of H-pyrrole nitrogens is 1. The fourth-order valence-corrected chi connectivity index (χ4v) is 4.49. The largest absolute Gasteiger partial charge is 0.454 e. The quantitative estimate of drug-likeness (QED) is 0.633. The number of carbonyl (C=O) groups is 3. The fraction of sp³-hybridized carbons (Fsp3) is 0.227. The summed E-state index contributed by atoms with van der Waals surface area (Å²) < 4.78 is 4.86. The van der Waals surface area contributed by atoms with Crippen molar-refractivity contribution in [2.45, 2.75) is 18.5 Å². The molecule has 3 aromatic rings. The number of amides is 2. The smallest absolute Gasteiger partial charge is 0.326 e. The first-order valence-electron chi connectivity index (χ1n) is 9.61. The second-order valence-electron chi connectivity index (χ2n) is 7.52. The van der Waals surface area contributed by atoms with Crippen molar-refractivity contribution in [2.24, 2.45) is 0 Å². The zero-order valence-corrected chi connectivity index (χ0v) is 16.6. The van der Waals surface area contributed by atoms with Crippen LogP contribution in [-0.4, -0.2) is 46.9 Å². The number of halogens is 1. The average molecular weight is 424 g/mol. The van der Waals surface area contributed by atoms with Crippen molar-refractivity contribution < 1.29 is 19.1 Å². The van der Waals surface area contributed by atoms with Crippen LogP contribution >= 0.6 is 11.6 Å². The maximum atomic E-state index is 13.0. The van der Waals surface area contributed by atoms with Gasteiger partial charge in [-0.25, -0.2) is 0 Å². The minimum absolute atomic E-state index is 0.130. The molecule has 1 fully saturated rings. The number of nitrogens with one attached hydrogen (secondary N) is 2. The Morgan fingerprint density at radius 2 is 2.00 bits per heavy atom. The summed E-state index contributed by atoms with van der Waals surface area (Å²) in [6.07, 6.45) is 0.567. The van der Waals surface area contributed by atoms with E-state index in [-0.39, 0.29) is 31.0 Å². The Morgan fingerprint density at radius 3 is 2.87 bits per heavy atom. The summed E-state index contributed by atoms with van der Waals surface area (Å²) in [5.41, 5.74) is 3.20. The third kappa shape index (κ3) is 3.21. The number of morpholine rings is 1. The molecule has 1 aliphatic heterocycles. The monoisotopic (exact) mass is 423 g/mol. The van der Waals surface area contributed by atoms with Gasteiger partial charge < -0.3 is 19.9 Å². The summed E-state index contributed by atoms with van der Waals surface area (Å²) in [6, 6.07) is 14.1. The third-order valence-corrected chi connectivity index (χ3v) is 5.89. The molecule has 0 radical (unpaired) electrons. The molecule has 7 nitrogen and oxygen atoms in total. The molecule has 0 bridgehead atoms. The van der Waals surface area contributed by atoms with Gasteiger partial charge in [0.1, 0.15) is 12.2 Å². The lowest BCUT2D eigenvalue weighted by Crippen LogP contribution is -2.52. The Balaban J connectivity index is 1.45. The number of fused-ring (bicyclic) bond motifs is 2. The average Bonchev–Trinajstić information content (AvgIpc) is 3.30. The van der Waals surface area contributed by atoms with E-state index in [4.69, 9.17) is 16.3 Å².